The molecule has 0 fully saturated rings. The molecule has 0 saturated carbocycles. The van der Waals surface area contributed by atoms with E-state index in [9.17, 15) is 4.79 Å². The summed E-state index contributed by atoms with van der Waals surface area (Å²) in [5, 5.41) is 4.13. The highest BCUT2D eigenvalue weighted by molar-refractivity contribution is 6.35. The van der Waals surface area contributed by atoms with Crippen LogP contribution in [0.4, 0.5) is 0 Å². The zero-order valence-electron chi connectivity index (χ0n) is 11.7. The molecular weight excluding hydrogens is 319 g/mol. The largest absolute Gasteiger partial charge is 0.355 e. The van der Waals surface area contributed by atoms with Crippen LogP contribution in [-0.4, -0.2) is 19.0 Å². The van der Waals surface area contributed by atoms with Crippen LogP contribution in [0.3, 0.4) is 0 Å². The van der Waals surface area contributed by atoms with Crippen molar-refractivity contribution in [1.29, 1.82) is 0 Å². The SMILES string of the molecule is CC(C)C(CNC(=O)CN)Cc1ccc(Cl)cc1Cl.Cl. The summed E-state index contributed by atoms with van der Waals surface area (Å²) in [6.45, 7) is 4.88. The van der Waals surface area contributed by atoms with E-state index in [1.54, 1.807) is 6.07 Å². The molecule has 0 spiro atoms. The summed E-state index contributed by atoms with van der Waals surface area (Å²) in [6, 6.07) is 5.51. The second-order valence-electron chi connectivity index (χ2n) is 4.95. The molecule has 0 aromatic heterocycles. The van der Waals surface area contributed by atoms with Gasteiger partial charge in [0.2, 0.25) is 5.91 Å². The van der Waals surface area contributed by atoms with Gasteiger partial charge in [-0.15, -0.1) is 12.4 Å². The third-order valence-electron chi connectivity index (χ3n) is 3.19. The Morgan fingerprint density at radius 1 is 1.35 bits per heavy atom. The van der Waals surface area contributed by atoms with E-state index < -0.39 is 0 Å². The van der Waals surface area contributed by atoms with Gasteiger partial charge >= 0.3 is 0 Å². The van der Waals surface area contributed by atoms with Gasteiger partial charge in [-0.3, -0.25) is 4.79 Å². The normalized spacial score (nSPS) is 11.9. The van der Waals surface area contributed by atoms with Gasteiger partial charge in [0.05, 0.1) is 6.54 Å². The summed E-state index contributed by atoms with van der Waals surface area (Å²) >= 11 is 12.1. The van der Waals surface area contributed by atoms with Gasteiger partial charge < -0.3 is 11.1 Å². The average Bonchev–Trinajstić information content (AvgIpc) is 2.35. The molecule has 1 aromatic carbocycles. The fourth-order valence-corrected chi connectivity index (χ4v) is 2.32. The number of hydrogen-bond donors (Lipinski definition) is 2. The minimum atomic E-state index is -0.132. The van der Waals surface area contributed by atoms with E-state index in [1.807, 2.05) is 12.1 Å². The topological polar surface area (TPSA) is 55.1 Å². The van der Waals surface area contributed by atoms with Crippen molar-refractivity contribution in [3.8, 4) is 0 Å². The van der Waals surface area contributed by atoms with Gasteiger partial charge in [0.25, 0.3) is 0 Å². The Kier molecular flexibility index (Phi) is 9.23. The molecule has 1 rings (SSSR count). The summed E-state index contributed by atoms with van der Waals surface area (Å²) in [7, 11) is 0. The Labute approximate surface area is 136 Å². The van der Waals surface area contributed by atoms with Crippen molar-refractivity contribution >= 4 is 41.5 Å². The molecule has 1 amide bonds. The number of carbonyl (C=O) groups is 1. The van der Waals surface area contributed by atoms with Gasteiger partial charge in [-0.25, -0.2) is 0 Å². The van der Waals surface area contributed by atoms with Crippen LogP contribution >= 0.6 is 35.6 Å². The van der Waals surface area contributed by atoms with Gasteiger partial charge in [-0.05, 0) is 36.0 Å². The molecule has 3 nitrogen and oxygen atoms in total. The predicted octanol–water partition coefficient (Wildman–Crippen LogP) is 3.30. The van der Waals surface area contributed by atoms with E-state index in [1.165, 1.54) is 0 Å². The molecule has 1 unspecified atom stereocenters. The number of amides is 1. The zero-order chi connectivity index (χ0) is 14.4. The number of nitrogens with one attached hydrogen (secondary N) is 1. The molecule has 3 N–H and O–H groups in total. The van der Waals surface area contributed by atoms with E-state index in [2.05, 4.69) is 19.2 Å². The van der Waals surface area contributed by atoms with Crippen molar-refractivity contribution in [2.75, 3.05) is 13.1 Å². The smallest absolute Gasteiger partial charge is 0.233 e. The first-order chi connectivity index (χ1) is 8.93. The molecule has 0 radical (unpaired) electrons. The van der Waals surface area contributed by atoms with Gasteiger partial charge in [-0.2, -0.15) is 0 Å². The summed E-state index contributed by atoms with van der Waals surface area (Å²) < 4.78 is 0. The van der Waals surface area contributed by atoms with Crippen molar-refractivity contribution < 1.29 is 4.79 Å². The number of nitrogens with two attached hydrogens (primary N) is 1. The van der Waals surface area contributed by atoms with Gasteiger partial charge in [-0.1, -0.05) is 43.1 Å². The fraction of sp³-hybridized carbons (Fsp3) is 0.500. The summed E-state index contributed by atoms with van der Waals surface area (Å²) in [6.07, 6.45) is 0.804. The number of halogens is 3. The maximum absolute atomic E-state index is 11.2. The number of carbonyl (C=O) groups excluding carboxylic acids is 1. The molecule has 1 atom stereocenters. The minimum absolute atomic E-state index is 0. The lowest BCUT2D eigenvalue weighted by Gasteiger charge is -2.22. The summed E-state index contributed by atoms with van der Waals surface area (Å²) in [5.41, 5.74) is 6.33. The van der Waals surface area contributed by atoms with Gasteiger partial charge in [0, 0.05) is 16.6 Å². The Morgan fingerprint density at radius 2 is 2.00 bits per heavy atom. The molecule has 0 bridgehead atoms. The van der Waals surface area contributed by atoms with E-state index in [-0.39, 0.29) is 24.9 Å². The van der Waals surface area contributed by atoms with Crippen molar-refractivity contribution in [2.24, 2.45) is 17.6 Å². The standard InChI is InChI=1S/C14H20Cl2N2O.ClH/c1-9(2)11(8-18-14(19)7-17)5-10-3-4-12(15)6-13(10)16;/h3-4,6,9,11H,5,7-8,17H2,1-2H3,(H,18,19);1H. The highest BCUT2D eigenvalue weighted by Crippen LogP contribution is 2.25. The second-order valence-corrected chi connectivity index (χ2v) is 5.80. The van der Waals surface area contributed by atoms with Crippen LogP contribution < -0.4 is 11.1 Å². The Hall–Kier alpha value is -0.480. The van der Waals surface area contributed by atoms with Crippen molar-refractivity contribution in [2.45, 2.75) is 20.3 Å². The van der Waals surface area contributed by atoms with E-state index >= 15 is 0 Å². The molecule has 1 aromatic rings. The third kappa shape index (κ3) is 6.31. The lowest BCUT2D eigenvalue weighted by molar-refractivity contribution is -0.119. The predicted molar refractivity (Wildman–Crippen MR) is 87.8 cm³/mol. The molecule has 0 heterocycles. The lowest BCUT2D eigenvalue weighted by Crippen LogP contribution is -2.36. The molecule has 6 heteroatoms. The quantitative estimate of drug-likeness (QED) is 0.835. The lowest BCUT2D eigenvalue weighted by atomic mass is 9.89. The van der Waals surface area contributed by atoms with Crippen LogP contribution in [0.2, 0.25) is 10.0 Å². The number of hydrogen-bond acceptors (Lipinski definition) is 2. The average molecular weight is 340 g/mol. The van der Waals surface area contributed by atoms with Crippen LogP contribution in [0.5, 0.6) is 0 Å². The van der Waals surface area contributed by atoms with Gasteiger partial charge in [0.15, 0.2) is 0 Å². The van der Waals surface area contributed by atoms with Crippen LogP contribution in [0.15, 0.2) is 18.2 Å². The van der Waals surface area contributed by atoms with E-state index in [0.29, 0.717) is 28.4 Å². The maximum atomic E-state index is 11.2. The van der Waals surface area contributed by atoms with Crippen molar-refractivity contribution in [1.82, 2.24) is 5.32 Å². The highest BCUT2D eigenvalue weighted by Gasteiger charge is 2.16. The third-order valence-corrected chi connectivity index (χ3v) is 3.77. The minimum Gasteiger partial charge on any atom is -0.355 e. The number of benzene rings is 1. The zero-order valence-corrected chi connectivity index (χ0v) is 14.0. The fourth-order valence-electron chi connectivity index (χ4n) is 1.83. The van der Waals surface area contributed by atoms with E-state index in [0.717, 1.165) is 12.0 Å². The molecule has 0 aliphatic rings. The molecule has 0 saturated heterocycles. The molecule has 114 valence electrons. The number of rotatable bonds is 6. The molecule has 0 aliphatic heterocycles. The van der Waals surface area contributed by atoms with E-state index in [4.69, 9.17) is 28.9 Å². The Morgan fingerprint density at radius 3 is 2.50 bits per heavy atom. The monoisotopic (exact) mass is 338 g/mol. The summed E-state index contributed by atoms with van der Waals surface area (Å²) in [5.74, 6) is 0.617. The van der Waals surface area contributed by atoms with Crippen molar-refractivity contribution in [3.63, 3.8) is 0 Å². The van der Waals surface area contributed by atoms with Crippen LogP contribution in [-0.2, 0) is 11.2 Å². The highest BCUT2D eigenvalue weighted by atomic mass is 35.5. The van der Waals surface area contributed by atoms with Crippen LogP contribution in [0.25, 0.3) is 0 Å². The second kappa shape index (κ2) is 9.46. The van der Waals surface area contributed by atoms with Crippen LogP contribution in [0, 0.1) is 11.8 Å². The van der Waals surface area contributed by atoms with Crippen LogP contribution in [0.1, 0.15) is 19.4 Å². The molecule has 20 heavy (non-hydrogen) atoms. The Bertz CT molecular complexity index is 438. The Balaban J connectivity index is 0.00000361. The first kappa shape index (κ1) is 19.5. The first-order valence-corrected chi connectivity index (χ1v) is 7.10. The van der Waals surface area contributed by atoms with Crippen molar-refractivity contribution in [3.05, 3.63) is 33.8 Å². The maximum Gasteiger partial charge on any atom is 0.233 e. The first-order valence-electron chi connectivity index (χ1n) is 6.34. The molecule has 0 aliphatic carbocycles. The van der Waals surface area contributed by atoms with Gasteiger partial charge in [0.1, 0.15) is 0 Å². The molecular formula is C14H21Cl3N2O. The summed E-state index contributed by atoms with van der Waals surface area (Å²) in [4.78, 5) is 11.2.